The van der Waals surface area contributed by atoms with Gasteiger partial charge in [-0.25, -0.2) is 10.1 Å². The van der Waals surface area contributed by atoms with Gasteiger partial charge in [0.05, 0.1) is 5.52 Å². The molecule has 1 saturated heterocycles. The number of hydroxylamine groups is 1. The molecule has 9 nitrogen and oxygen atoms in total. The fourth-order valence-corrected chi connectivity index (χ4v) is 5.62. The van der Waals surface area contributed by atoms with Gasteiger partial charge < -0.3 is 4.74 Å². The van der Waals surface area contributed by atoms with Crippen LogP contribution in [0.25, 0.3) is 10.9 Å². The van der Waals surface area contributed by atoms with Gasteiger partial charge in [-0.1, -0.05) is 24.3 Å². The Hall–Kier alpha value is -4.34. The number of quaternary nitrogens is 1. The van der Waals surface area contributed by atoms with Gasteiger partial charge in [0, 0.05) is 52.5 Å². The molecule has 1 fully saturated rings. The molecule has 2 aromatic heterocycles. The summed E-state index contributed by atoms with van der Waals surface area (Å²) in [4.78, 5) is 34.1. The molecule has 2 aromatic carbocycles. The first-order chi connectivity index (χ1) is 19.4. The topological polar surface area (TPSA) is 113 Å². The van der Waals surface area contributed by atoms with Crippen LogP contribution in [0.4, 0.5) is 0 Å². The maximum Gasteiger partial charge on any atom is 0.295 e. The van der Waals surface area contributed by atoms with E-state index in [9.17, 15) is 9.59 Å². The average Bonchev–Trinajstić information content (AvgIpc) is 2.96. The summed E-state index contributed by atoms with van der Waals surface area (Å²) in [6.45, 7) is 4.23. The Morgan fingerprint density at radius 2 is 1.93 bits per heavy atom. The highest BCUT2D eigenvalue weighted by Crippen LogP contribution is 2.27. The Morgan fingerprint density at radius 1 is 1.10 bits per heavy atom. The number of hydrogen-bond donors (Lipinski definition) is 3. The van der Waals surface area contributed by atoms with Crippen molar-refractivity contribution in [2.75, 3.05) is 13.1 Å². The van der Waals surface area contributed by atoms with Gasteiger partial charge in [-0.05, 0) is 62.2 Å². The number of rotatable bonds is 9. The van der Waals surface area contributed by atoms with Crippen molar-refractivity contribution in [1.82, 2.24) is 20.9 Å². The number of nitrogens with one attached hydrogen (secondary N) is 2. The summed E-state index contributed by atoms with van der Waals surface area (Å²) in [5.41, 5.74) is 9.44. The minimum Gasteiger partial charge on any atom is -0.489 e. The lowest BCUT2D eigenvalue weighted by Crippen LogP contribution is -2.63. The Balaban J connectivity index is 1.29. The molecule has 2 atom stereocenters. The molecule has 3 heterocycles. The fraction of sp³-hybridized carbons (Fsp3) is 0.290. The summed E-state index contributed by atoms with van der Waals surface area (Å²) in [7, 11) is 0. The number of carbonyl (C=O) groups is 2. The monoisotopic (exact) mass is 540 g/mol. The molecule has 3 N–H and O–H groups in total. The predicted octanol–water partition coefficient (Wildman–Crippen LogP) is 4.48. The molecule has 9 heteroatoms. The number of fused-ring (bicyclic) bond motifs is 1. The number of piperidine rings is 1. The first-order valence-corrected chi connectivity index (χ1v) is 13.5. The second-order valence-corrected chi connectivity index (χ2v) is 10.5. The normalized spacial score (nSPS) is 18.7. The van der Waals surface area contributed by atoms with Crippen molar-refractivity contribution < 1.29 is 24.1 Å². The summed E-state index contributed by atoms with van der Waals surface area (Å²) in [5, 5.41) is 10.1. The summed E-state index contributed by atoms with van der Waals surface area (Å²) < 4.78 is 6.38. The van der Waals surface area contributed by atoms with E-state index in [1.54, 1.807) is 42.1 Å². The molecule has 0 radical (unpaired) electrons. The van der Waals surface area contributed by atoms with Gasteiger partial charge in [0.1, 0.15) is 32.0 Å². The van der Waals surface area contributed by atoms with E-state index in [0.29, 0.717) is 35.6 Å². The number of hydrogen-bond acceptors (Lipinski definition) is 6. The highest BCUT2D eigenvalue weighted by atomic mass is 16.5. The maximum absolute atomic E-state index is 13.5. The van der Waals surface area contributed by atoms with Crippen LogP contribution in [0.2, 0.25) is 0 Å². The highest BCUT2D eigenvalue weighted by Gasteiger charge is 2.38. The van der Waals surface area contributed by atoms with E-state index in [-0.39, 0.29) is 18.2 Å². The second-order valence-electron chi connectivity index (χ2n) is 10.5. The van der Waals surface area contributed by atoms with E-state index < -0.39 is 5.91 Å². The third-order valence-electron chi connectivity index (χ3n) is 7.39. The summed E-state index contributed by atoms with van der Waals surface area (Å²) in [5.74, 6) is 0.0885. The van der Waals surface area contributed by atoms with Crippen molar-refractivity contribution >= 4 is 22.7 Å². The van der Waals surface area contributed by atoms with Gasteiger partial charge in [-0.3, -0.25) is 24.8 Å². The number of benzene rings is 2. The first kappa shape index (κ1) is 27.2. The van der Waals surface area contributed by atoms with Crippen molar-refractivity contribution in [3.63, 3.8) is 0 Å². The lowest BCUT2D eigenvalue weighted by atomic mass is 9.93. The molecule has 2 unspecified atom stereocenters. The van der Waals surface area contributed by atoms with Crippen LogP contribution in [0.15, 0.2) is 79.1 Å². The van der Waals surface area contributed by atoms with Crippen LogP contribution in [-0.4, -0.2) is 44.7 Å². The molecule has 5 rings (SSSR count). The number of nitrogens with zero attached hydrogens (tertiary/aromatic N) is 3. The smallest absolute Gasteiger partial charge is 0.295 e. The molecule has 0 spiro atoms. The Morgan fingerprint density at radius 3 is 2.70 bits per heavy atom. The molecule has 4 aromatic rings. The molecule has 40 heavy (non-hydrogen) atoms. The molecule has 2 amide bonds. The van der Waals surface area contributed by atoms with Gasteiger partial charge in [0.2, 0.25) is 5.91 Å². The van der Waals surface area contributed by atoms with Crippen molar-refractivity contribution in [2.24, 2.45) is 5.92 Å². The quantitative estimate of drug-likeness (QED) is 0.164. The number of aromatic nitrogens is 2. The van der Waals surface area contributed by atoms with Crippen LogP contribution in [0.3, 0.4) is 0 Å². The van der Waals surface area contributed by atoms with Crippen molar-refractivity contribution in [2.45, 2.75) is 39.3 Å². The van der Waals surface area contributed by atoms with Gasteiger partial charge in [-0.15, -0.1) is 0 Å². The van der Waals surface area contributed by atoms with Gasteiger partial charge in [0.25, 0.3) is 5.91 Å². The standard InChI is InChI=1S/C31H33N5O4/c1-22-16-26(28-8-2-3-9-29(28)33-22)21-40-27-12-10-25(11-13-27)31(38)34-36(20-24-6-4-14-32-18-24)15-5-7-23(19-36)17-30(37)35-39/h2-4,6,8-14,16,18,23H,5,7,15,17,19-21H2,1H3,(H2-,34,35,37,38,39)/p+1. The first-order valence-electron chi connectivity index (χ1n) is 13.5. The van der Waals surface area contributed by atoms with Gasteiger partial charge in [0.15, 0.2) is 0 Å². The second kappa shape index (κ2) is 12.2. The predicted molar refractivity (Wildman–Crippen MR) is 150 cm³/mol. The van der Waals surface area contributed by atoms with E-state index in [2.05, 4.69) is 15.4 Å². The van der Waals surface area contributed by atoms with Crippen LogP contribution >= 0.6 is 0 Å². The summed E-state index contributed by atoms with van der Waals surface area (Å²) in [6.07, 6.45) is 5.43. The van der Waals surface area contributed by atoms with Crippen LogP contribution in [-0.2, 0) is 17.9 Å². The third kappa shape index (κ3) is 6.62. The van der Waals surface area contributed by atoms with Crippen LogP contribution in [0.5, 0.6) is 5.75 Å². The lowest BCUT2D eigenvalue weighted by Gasteiger charge is -2.43. The Kier molecular flexibility index (Phi) is 8.33. The molecular formula is C31H34N5O4+. The molecule has 206 valence electrons. The molecule has 1 aliphatic rings. The molecule has 0 saturated carbocycles. The van der Waals surface area contributed by atoms with E-state index in [4.69, 9.17) is 9.94 Å². The van der Waals surface area contributed by atoms with Gasteiger partial charge in [-0.2, -0.15) is 5.43 Å². The van der Waals surface area contributed by atoms with Crippen LogP contribution in [0.1, 0.15) is 46.4 Å². The number of aryl methyl sites for hydroxylation is 1. The molecular weight excluding hydrogens is 506 g/mol. The minimum atomic E-state index is -0.414. The van der Waals surface area contributed by atoms with Crippen molar-refractivity contribution in [3.8, 4) is 5.75 Å². The number of ether oxygens (including phenoxy) is 1. The van der Waals surface area contributed by atoms with Crippen LogP contribution in [0, 0.1) is 12.8 Å². The molecule has 1 aliphatic heterocycles. The highest BCUT2D eigenvalue weighted by molar-refractivity contribution is 5.93. The zero-order valence-electron chi connectivity index (χ0n) is 22.5. The SMILES string of the molecule is Cc1cc(COc2ccc(C(=O)N[N+]3(Cc4cccnc4)CCCC(CC(=O)NO)C3)cc2)c2ccccc2n1. The maximum atomic E-state index is 13.5. The zero-order chi connectivity index (χ0) is 28.0. The largest absolute Gasteiger partial charge is 0.489 e. The van der Waals surface area contributed by atoms with Crippen molar-refractivity contribution in [3.05, 3.63) is 102 Å². The van der Waals surface area contributed by atoms with Crippen LogP contribution < -0.4 is 15.6 Å². The van der Waals surface area contributed by atoms with Gasteiger partial charge >= 0.3 is 0 Å². The van der Waals surface area contributed by atoms with E-state index >= 15 is 0 Å². The number of likely N-dealkylation sites (tertiary alicyclic amines) is 1. The molecule has 0 bridgehead atoms. The van der Waals surface area contributed by atoms with Crippen molar-refractivity contribution in [1.29, 1.82) is 0 Å². The zero-order valence-corrected chi connectivity index (χ0v) is 22.5. The van der Waals surface area contributed by atoms with E-state index in [1.807, 2.05) is 49.4 Å². The Bertz CT molecular complexity index is 1480. The minimum absolute atomic E-state index is 0.0292. The number of para-hydroxylation sites is 1. The number of carbonyl (C=O) groups excluding carboxylic acids is 2. The lowest BCUT2D eigenvalue weighted by molar-refractivity contribution is -0.980. The van der Waals surface area contributed by atoms with E-state index in [1.165, 1.54) is 0 Å². The third-order valence-corrected chi connectivity index (χ3v) is 7.39. The summed E-state index contributed by atoms with van der Waals surface area (Å²) >= 11 is 0. The molecule has 0 aliphatic carbocycles. The van der Waals surface area contributed by atoms with E-state index in [0.717, 1.165) is 47.1 Å². The number of pyridine rings is 2. The fourth-order valence-electron chi connectivity index (χ4n) is 5.62. The average molecular weight is 541 g/mol. The Labute approximate surface area is 233 Å². The summed E-state index contributed by atoms with van der Waals surface area (Å²) in [6, 6.07) is 21.0. The number of amides is 2.